The number of carbonyl (C=O) groups is 1. The molecule has 20 heteroatoms. The number of nitrogens with zero attached hydrogens (tertiary/aromatic N) is 10. The molecule has 2 saturated carbocycles. The highest BCUT2D eigenvalue weighted by atomic mass is 19.3. The number of morpholine rings is 1. The third-order valence-corrected chi connectivity index (χ3v) is 14.2. The molecule has 2 aliphatic carbocycles. The number of halogens is 2. The molecule has 0 radical (unpaired) electrons. The average molecular weight is 983 g/mol. The van der Waals surface area contributed by atoms with Gasteiger partial charge in [-0.3, -0.25) is 14.5 Å². The van der Waals surface area contributed by atoms with Gasteiger partial charge in [0.25, 0.3) is 0 Å². The number of pyridine rings is 1. The molecular formula is C51H68F2N12O6. The summed E-state index contributed by atoms with van der Waals surface area (Å²) < 4.78 is 53.3. The van der Waals surface area contributed by atoms with Crippen LogP contribution in [0, 0.1) is 0 Å². The van der Waals surface area contributed by atoms with Gasteiger partial charge >= 0.3 is 6.61 Å². The summed E-state index contributed by atoms with van der Waals surface area (Å²) in [7, 11) is 1.67. The summed E-state index contributed by atoms with van der Waals surface area (Å²) in [6.45, 7) is 10.5. The van der Waals surface area contributed by atoms with E-state index in [1.165, 1.54) is 0 Å². The van der Waals surface area contributed by atoms with Crippen LogP contribution < -0.4 is 10.6 Å². The lowest BCUT2D eigenvalue weighted by Crippen LogP contribution is -2.54. The normalized spacial score (nSPS) is 23.1. The fourth-order valence-corrected chi connectivity index (χ4v) is 10.6. The Morgan fingerprint density at radius 1 is 0.803 bits per heavy atom. The topological polar surface area (TPSA) is 193 Å². The van der Waals surface area contributed by atoms with Gasteiger partial charge in [0.15, 0.2) is 0 Å². The number of aliphatic hydroxyl groups is 1. The summed E-state index contributed by atoms with van der Waals surface area (Å²) in [5.74, 6) is 1.22. The van der Waals surface area contributed by atoms with E-state index in [1.54, 1.807) is 24.9 Å². The number of hydrogen-bond acceptors (Lipinski definition) is 14. The number of amides is 1. The summed E-state index contributed by atoms with van der Waals surface area (Å²) >= 11 is 0. The highest BCUT2D eigenvalue weighted by Gasteiger charge is 2.38. The van der Waals surface area contributed by atoms with Crippen LogP contribution in [0.1, 0.15) is 122 Å². The van der Waals surface area contributed by atoms with E-state index >= 15 is 0 Å². The molecule has 3 fully saturated rings. The minimum absolute atomic E-state index is 0.00128. The van der Waals surface area contributed by atoms with Gasteiger partial charge in [0, 0.05) is 90.2 Å². The first-order valence-electron chi connectivity index (χ1n) is 25.1. The standard InChI is InChI=1S/C51H68F2N12O6/c1-30(27-68-7)58-49-56-23-46-42(37-21-57-63(26-37)51(5,6)47(67)62-24-32(3)71-33(4)25-62)19-44(65(46)60-49)35-11-16-40(17-12-35)69-29-38-13-8-36(20-54-38)41-18-43(34-9-14-39(66)15-10-34)64-45(41)22-55-50(61-64)59-31(2)28-70-48(52)53/h8,13,18-23,26,30-35,39-40,48,66H,9-12,14-17,24-25,27-29H2,1-7H3,(H,58,60)(H,59,61)/t30-,31-,32-,33+,34?,35?,39?,40?/m0/s1. The fraction of sp³-hybridized carbons (Fsp3) is 0.588. The van der Waals surface area contributed by atoms with E-state index in [-0.39, 0.29) is 54.8 Å². The predicted octanol–water partition coefficient (Wildman–Crippen LogP) is 7.82. The lowest BCUT2D eigenvalue weighted by molar-refractivity contribution is -0.151. The molecule has 0 bridgehead atoms. The molecule has 382 valence electrons. The van der Waals surface area contributed by atoms with E-state index in [9.17, 15) is 18.7 Å². The van der Waals surface area contributed by atoms with Gasteiger partial charge < -0.3 is 39.6 Å². The zero-order valence-corrected chi connectivity index (χ0v) is 41.8. The van der Waals surface area contributed by atoms with Crippen molar-refractivity contribution in [2.75, 3.05) is 44.0 Å². The van der Waals surface area contributed by atoms with E-state index in [0.717, 1.165) is 88.9 Å². The Kier molecular flexibility index (Phi) is 15.3. The largest absolute Gasteiger partial charge is 0.393 e. The number of aromatic nitrogens is 9. The van der Waals surface area contributed by atoms with Crippen LogP contribution in [-0.2, 0) is 35.9 Å². The molecule has 71 heavy (non-hydrogen) atoms. The third kappa shape index (κ3) is 11.4. The van der Waals surface area contributed by atoms with Crippen LogP contribution in [0.3, 0.4) is 0 Å². The highest BCUT2D eigenvalue weighted by Crippen LogP contribution is 2.40. The molecule has 9 rings (SSSR count). The average Bonchev–Trinajstić information content (AvgIpc) is 4.10. The van der Waals surface area contributed by atoms with Gasteiger partial charge in [-0.05, 0) is 111 Å². The molecule has 0 unspecified atom stereocenters. The van der Waals surface area contributed by atoms with E-state index in [0.29, 0.717) is 51.0 Å². The maximum atomic E-state index is 14.0. The van der Waals surface area contributed by atoms with Gasteiger partial charge in [-0.1, -0.05) is 6.07 Å². The highest BCUT2D eigenvalue weighted by molar-refractivity contribution is 5.85. The van der Waals surface area contributed by atoms with Crippen molar-refractivity contribution in [2.45, 2.75) is 160 Å². The minimum atomic E-state index is -2.86. The van der Waals surface area contributed by atoms with Crippen molar-refractivity contribution in [3.8, 4) is 22.3 Å². The summed E-state index contributed by atoms with van der Waals surface area (Å²) in [5.41, 5.74) is 7.33. The molecular weight excluding hydrogens is 915 g/mol. The fourth-order valence-electron chi connectivity index (χ4n) is 10.6. The van der Waals surface area contributed by atoms with E-state index in [1.807, 2.05) is 85.5 Å². The summed E-state index contributed by atoms with van der Waals surface area (Å²) in [6.07, 6.45) is 15.5. The van der Waals surface area contributed by atoms with Gasteiger partial charge in [0.1, 0.15) is 5.54 Å². The van der Waals surface area contributed by atoms with Crippen LogP contribution in [0.4, 0.5) is 20.7 Å². The Morgan fingerprint density at radius 3 is 1.94 bits per heavy atom. The maximum absolute atomic E-state index is 14.0. The van der Waals surface area contributed by atoms with Crippen molar-refractivity contribution in [2.24, 2.45) is 0 Å². The zero-order valence-electron chi connectivity index (χ0n) is 41.8. The Morgan fingerprint density at radius 2 is 1.38 bits per heavy atom. The first-order chi connectivity index (χ1) is 34.1. The van der Waals surface area contributed by atoms with Crippen LogP contribution in [0.15, 0.2) is 55.2 Å². The number of fused-ring (bicyclic) bond motifs is 2. The third-order valence-electron chi connectivity index (χ3n) is 14.2. The molecule has 0 aromatic carbocycles. The van der Waals surface area contributed by atoms with Gasteiger partial charge in [-0.15, -0.1) is 10.2 Å². The van der Waals surface area contributed by atoms with E-state index in [4.69, 9.17) is 39.5 Å². The van der Waals surface area contributed by atoms with Crippen LogP contribution >= 0.6 is 0 Å². The number of rotatable bonds is 18. The molecule has 3 aliphatic rings. The predicted molar refractivity (Wildman–Crippen MR) is 263 cm³/mol. The number of hydrogen-bond donors (Lipinski definition) is 3. The number of anilines is 2. The molecule has 7 heterocycles. The quantitative estimate of drug-likeness (QED) is 0.0755. The number of carbonyl (C=O) groups excluding carboxylic acids is 1. The van der Waals surface area contributed by atoms with Gasteiger partial charge in [0.05, 0.1) is 79.6 Å². The smallest absolute Gasteiger partial charge is 0.345 e. The number of ether oxygens (including phenoxy) is 4. The van der Waals surface area contributed by atoms with Gasteiger partial charge in [0.2, 0.25) is 17.8 Å². The SMILES string of the molecule is COC[C@H](C)Nc1ncc2c(-c3cnn(C(C)(C)C(=O)N4C[C@@H](C)O[C@@H](C)C4)c3)cc(C3CCC(OCc4ccc(-c5cc(C6CCC(O)CC6)n6nc(N[C@@H](C)COC(F)F)ncc56)cn4)CC3)n2n1. The van der Waals surface area contributed by atoms with Crippen molar-refractivity contribution < 1.29 is 37.6 Å². The Hall–Kier alpha value is -5.67. The summed E-state index contributed by atoms with van der Waals surface area (Å²) in [4.78, 5) is 29.9. The van der Waals surface area contributed by atoms with Gasteiger partial charge in [-0.25, -0.2) is 19.0 Å². The monoisotopic (exact) mass is 983 g/mol. The molecule has 1 saturated heterocycles. The Bertz CT molecular complexity index is 2740. The van der Waals surface area contributed by atoms with Crippen LogP contribution in [0.2, 0.25) is 0 Å². The molecule has 3 N–H and O–H groups in total. The minimum Gasteiger partial charge on any atom is -0.393 e. The molecule has 1 amide bonds. The van der Waals surface area contributed by atoms with Crippen molar-refractivity contribution in [3.63, 3.8) is 0 Å². The van der Waals surface area contributed by atoms with E-state index < -0.39 is 18.2 Å². The van der Waals surface area contributed by atoms with E-state index in [2.05, 4.69) is 32.5 Å². The zero-order chi connectivity index (χ0) is 50.0. The lowest BCUT2D eigenvalue weighted by atomic mass is 9.85. The van der Waals surface area contributed by atoms with Gasteiger partial charge in [-0.2, -0.15) is 13.9 Å². The number of methoxy groups -OCH3 is 1. The Balaban J connectivity index is 0.883. The summed E-state index contributed by atoms with van der Waals surface area (Å²) in [5, 5.41) is 31.3. The Labute approximate surface area is 412 Å². The first kappa shape index (κ1) is 50.3. The number of nitrogens with one attached hydrogen (secondary N) is 2. The van der Waals surface area contributed by atoms with Crippen molar-refractivity contribution >= 4 is 28.8 Å². The molecule has 18 nitrogen and oxygen atoms in total. The molecule has 4 atom stereocenters. The molecule has 1 aliphatic heterocycles. The van der Waals surface area contributed by atoms with Crippen LogP contribution in [0.25, 0.3) is 33.3 Å². The second-order valence-corrected chi connectivity index (χ2v) is 20.4. The maximum Gasteiger partial charge on any atom is 0.345 e. The summed E-state index contributed by atoms with van der Waals surface area (Å²) in [6, 6.07) is 7.95. The van der Waals surface area contributed by atoms with Crippen LogP contribution in [0.5, 0.6) is 0 Å². The van der Waals surface area contributed by atoms with Crippen molar-refractivity contribution in [1.29, 1.82) is 0 Å². The van der Waals surface area contributed by atoms with Crippen molar-refractivity contribution in [3.05, 3.63) is 72.3 Å². The second kappa shape index (κ2) is 21.6. The van der Waals surface area contributed by atoms with Crippen molar-refractivity contribution in [1.82, 2.24) is 48.9 Å². The number of aliphatic hydroxyl groups excluding tert-OH is 1. The lowest BCUT2D eigenvalue weighted by Gasteiger charge is -2.39. The molecule has 0 spiro atoms. The molecule has 6 aromatic heterocycles. The molecule has 6 aromatic rings. The number of alkyl halides is 2. The van der Waals surface area contributed by atoms with Crippen LogP contribution in [-0.4, -0.2) is 136 Å². The second-order valence-electron chi connectivity index (χ2n) is 20.4. The first-order valence-corrected chi connectivity index (χ1v) is 25.1.